The van der Waals surface area contributed by atoms with E-state index in [9.17, 15) is 31.6 Å². The van der Waals surface area contributed by atoms with E-state index >= 15 is 0 Å². The number of nitrogens with zero attached hydrogens (tertiary/aromatic N) is 2. The zero-order valence-electron chi connectivity index (χ0n) is 19.6. The Bertz CT molecular complexity index is 1300. The van der Waals surface area contributed by atoms with Crippen molar-refractivity contribution in [3.8, 4) is 11.5 Å². The number of hydroxylamine groups is 2. The second-order valence-corrected chi connectivity index (χ2v) is 10.5. The van der Waals surface area contributed by atoms with Gasteiger partial charge in [-0.15, -0.1) is 24.8 Å². The van der Waals surface area contributed by atoms with Gasteiger partial charge in [-0.25, -0.2) is 18.5 Å². The average molecular weight is 597 g/mol. The van der Waals surface area contributed by atoms with Gasteiger partial charge in [0.05, 0.1) is 10.5 Å². The third-order valence-electron chi connectivity index (χ3n) is 5.96. The van der Waals surface area contributed by atoms with E-state index in [1.165, 1.54) is 36.7 Å². The molecule has 9 nitrogen and oxygen atoms in total. The molecular weight excluding hydrogens is 572 g/mol. The number of ether oxygens (including phenoxy) is 1. The summed E-state index contributed by atoms with van der Waals surface area (Å²) in [6, 6.07) is 9.30. The maximum Gasteiger partial charge on any atom is 0.416 e. The molecule has 0 atom stereocenters. The van der Waals surface area contributed by atoms with Crippen molar-refractivity contribution >= 4 is 40.6 Å². The van der Waals surface area contributed by atoms with E-state index in [-0.39, 0.29) is 79.5 Å². The van der Waals surface area contributed by atoms with Gasteiger partial charge in [-0.05, 0) is 74.5 Å². The molecule has 0 unspecified atom stereocenters. The summed E-state index contributed by atoms with van der Waals surface area (Å²) >= 11 is 0. The lowest BCUT2D eigenvalue weighted by atomic mass is 9.95. The number of H-pyrrole nitrogens is 1. The van der Waals surface area contributed by atoms with Crippen LogP contribution in [-0.2, 0) is 27.4 Å². The number of alkyl halides is 3. The summed E-state index contributed by atoms with van der Waals surface area (Å²) in [4.78, 5) is 19.8. The van der Waals surface area contributed by atoms with Crippen molar-refractivity contribution in [3.05, 3.63) is 72.3 Å². The fourth-order valence-corrected chi connectivity index (χ4v) is 6.04. The minimum atomic E-state index is -4.47. The van der Waals surface area contributed by atoms with Crippen LogP contribution < -0.4 is 10.1 Å². The first kappa shape index (κ1) is 31.4. The maximum atomic E-state index is 13.7. The van der Waals surface area contributed by atoms with Crippen LogP contribution in [0, 0.1) is 0 Å². The van der Waals surface area contributed by atoms with Crippen molar-refractivity contribution in [2.24, 2.45) is 0 Å². The Labute approximate surface area is 229 Å². The van der Waals surface area contributed by atoms with Crippen LogP contribution in [0.2, 0.25) is 0 Å². The standard InChI is InChI=1S/C23H23F3N4O5S.2ClH/c24-23(25,26)16-1-3-17(4-2-16)35-18-5-7-19(8-6-18)36(33,34)22(9-11-27-12-10-22)21(31)30(32)15-20-28-13-14-29-20;;/h1-8,13-14,27,32H,9-12,15H2,(H,28,29);2*1H. The Morgan fingerprint density at radius 1 is 1.03 bits per heavy atom. The van der Waals surface area contributed by atoms with Crippen LogP contribution in [0.5, 0.6) is 11.5 Å². The van der Waals surface area contributed by atoms with Gasteiger partial charge in [-0.2, -0.15) is 13.2 Å². The summed E-state index contributed by atoms with van der Waals surface area (Å²) in [5.74, 6) is -0.332. The number of rotatable bonds is 7. The highest BCUT2D eigenvalue weighted by Crippen LogP contribution is 2.37. The van der Waals surface area contributed by atoms with Crippen LogP contribution in [0.4, 0.5) is 13.2 Å². The molecule has 1 aliphatic heterocycles. The predicted molar refractivity (Wildman–Crippen MR) is 135 cm³/mol. The molecule has 1 aromatic heterocycles. The fraction of sp³-hybridized carbons (Fsp3) is 0.304. The Hall–Kier alpha value is -2.84. The van der Waals surface area contributed by atoms with Crippen LogP contribution in [0.15, 0.2) is 65.8 Å². The van der Waals surface area contributed by atoms with Crippen molar-refractivity contribution in [1.29, 1.82) is 0 Å². The first-order valence-corrected chi connectivity index (χ1v) is 12.4. The highest BCUT2D eigenvalue weighted by atomic mass is 35.5. The lowest BCUT2D eigenvalue weighted by molar-refractivity contribution is -0.172. The Balaban J connectivity index is 0.00000253. The van der Waals surface area contributed by atoms with Crippen molar-refractivity contribution in [3.63, 3.8) is 0 Å². The molecule has 0 saturated carbocycles. The first-order valence-electron chi connectivity index (χ1n) is 10.9. The highest BCUT2D eigenvalue weighted by Gasteiger charge is 2.53. The lowest BCUT2D eigenvalue weighted by Crippen LogP contribution is -2.57. The van der Waals surface area contributed by atoms with E-state index < -0.39 is 32.2 Å². The fourth-order valence-electron chi connectivity index (χ4n) is 4.02. The Morgan fingerprint density at radius 2 is 1.58 bits per heavy atom. The SMILES string of the molecule is Cl.Cl.O=C(N(O)Cc1ncc[nH]1)C1(S(=O)(=O)c2ccc(Oc3ccc(C(F)(F)F)cc3)cc2)CCNCC1. The first-order chi connectivity index (χ1) is 17.0. The number of sulfone groups is 1. The number of aromatic amines is 1. The molecule has 15 heteroatoms. The predicted octanol–water partition coefficient (Wildman–Crippen LogP) is 4.38. The van der Waals surface area contributed by atoms with Gasteiger partial charge < -0.3 is 15.0 Å². The van der Waals surface area contributed by atoms with Crippen LogP contribution in [-0.4, -0.2) is 52.4 Å². The maximum absolute atomic E-state index is 13.7. The third kappa shape index (κ3) is 6.41. The van der Waals surface area contributed by atoms with Gasteiger partial charge >= 0.3 is 6.18 Å². The molecule has 3 aromatic rings. The molecule has 0 radical (unpaired) electrons. The van der Waals surface area contributed by atoms with Gasteiger partial charge in [0.1, 0.15) is 23.9 Å². The van der Waals surface area contributed by atoms with Crippen molar-refractivity contribution in [2.45, 2.75) is 35.2 Å². The van der Waals surface area contributed by atoms with Gasteiger partial charge in [0, 0.05) is 12.4 Å². The van der Waals surface area contributed by atoms with Crippen molar-refractivity contribution in [1.82, 2.24) is 20.3 Å². The molecule has 1 saturated heterocycles. The summed E-state index contributed by atoms with van der Waals surface area (Å²) in [5.41, 5.74) is -0.821. The summed E-state index contributed by atoms with van der Waals surface area (Å²) in [6.45, 7) is 0.208. The molecule has 38 heavy (non-hydrogen) atoms. The smallest absolute Gasteiger partial charge is 0.416 e. The van der Waals surface area contributed by atoms with E-state index in [1.807, 2.05) is 0 Å². The number of aromatic nitrogens is 2. The lowest BCUT2D eigenvalue weighted by Gasteiger charge is -2.37. The molecule has 3 N–H and O–H groups in total. The molecule has 1 aliphatic rings. The Morgan fingerprint density at radius 3 is 2.08 bits per heavy atom. The van der Waals surface area contributed by atoms with Crippen molar-refractivity contribution in [2.75, 3.05) is 13.1 Å². The average Bonchev–Trinajstić information content (AvgIpc) is 3.37. The van der Waals surface area contributed by atoms with Gasteiger partial charge in [-0.1, -0.05) is 0 Å². The van der Waals surface area contributed by atoms with Gasteiger partial charge in [0.25, 0.3) is 5.91 Å². The van der Waals surface area contributed by atoms with Gasteiger partial charge in [-0.3, -0.25) is 10.0 Å². The number of carbonyl (C=O) groups excluding carboxylic acids is 1. The monoisotopic (exact) mass is 596 g/mol. The van der Waals surface area contributed by atoms with E-state index in [4.69, 9.17) is 4.74 Å². The summed E-state index contributed by atoms with van der Waals surface area (Å²) in [5, 5.41) is 13.8. The molecule has 0 bridgehead atoms. The molecule has 1 fully saturated rings. The zero-order valence-corrected chi connectivity index (χ0v) is 22.1. The summed E-state index contributed by atoms with van der Waals surface area (Å²) in [6.07, 6.45) is -1.61. The topological polar surface area (TPSA) is 125 Å². The van der Waals surface area contributed by atoms with Crippen molar-refractivity contribution < 1.29 is 36.3 Å². The van der Waals surface area contributed by atoms with Crippen LogP contribution >= 0.6 is 24.8 Å². The van der Waals surface area contributed by atoms with E-state index in [0.717, 1.165) is 24.3 Å². The Kier molecular flexibility index (Phi) is 10.2. The highest BCUT2D eigenvalue weighted by molar-refractivity contribution is 7.93. The molecule has 0 aliphatic carbocycles. The number of carbonyl (C=O) groups is 1. The second kappa shape index (κ2) is 12.3. The molecule has 2 heterocycles. The minimum absolute atomic E-state index is 0. The second-order valence-electron chi connectivity index (χ2n) is 8.24. The zero-order chi connectivity index (χ0) is 26.0. The number of imidazole rings is 1. The van der Waals surface area contributed by atoms with Crippen LogP contribution in [0.1, 0.15) is 24.2 Å². The number of hydrogen-bond donors (Lipinski definition) is 3. The molecule has 2 aromatic carbocycles. The van der Waals surface area contributed by atoms with Gasteiger partial charge in [0.2, 0.25) is 0 Å². The molecule has 208 valence electrons. The molecule has 0 spiro atoms. The largest absolute Gasteiger partial charge is 0.457 e. The van der Waals surface area contributed by atoms with E-state index in [2.05, 4.69) is 15.3 Å². The van der Waals surface area contributed by atoms with Crippen LogP contribution in [0.3, 0.4) is 0 Å². The summed E-state index contributed by atoms with van der Waals surface area (Å²) < 4.78 is 69.3. The summed E-state index contributed by atoms with van der Waals surface area (Å²) in [7, 11) is -4.26. The minimum Gasteiger partial charge on any atom is -0.457 e. The van der Waals surface area contributed by atoms with E-state index in [0.29, 0.717) is 5.06 Å². The number of benzene rings is 2. The quantitative estimate of drug-likeness (QED) is 0.273. The number of nitrogens with one attached hydrogen (secondary N) is 2. The normalized spacial score (nSPS) is 15.1. The molecular formula is C23H25Cl2F3N4O5S. The van der Waals surface area contributed by atoms with Crippen LogP contribution in [0.25, 0.3) is 0 Å². The molecule has 4 rings (SSSR count). The molecule has 1 amide bonds. The van der Waals surface area contributed by atoms with E-state index in [1.54, 1.807) is 0 Å². The number of hydrogen-bond acceptors (Lipinski definition) is 7. The number of amides is 1. The third-order valence-corrected chi connectivity index (χ3v) is 8.46. The number of halogens is 5. The number of piperidine rings is 1. The van der Waals surface area contributed by atoms with Gasteiger partial charge in [0.15, 0.2) is 14.6 Å².